The average molecular weight is 363 g/mol. The van der Waals surface area contributed by atoms with Crippen molar-refractivity contribution in [3.8, 4) is 5.75 Å². The number of esters is 1. The lowest BCUT2D eigenvalue weighted by Gasteiger charge is -2.10. The summed E-state index contributed by atoms with van der Waals surface area (Å²) in [5.74, 6) is 0.909. The van der Waals surface area contributed by atoms with E-state index in [1.807, 2.05) is 61.5 Å². The van der Waals surface area contributed by atoms with Gasteiger partial charge in [-0.3, -0.25) is 0 Å². The van der Waals surface area contributed by atoms with Crippen molar-refractivity contribution in [3.63, 3.8) is 0 Å². The van der Waals surface area contributed by atoms with Crippen molar-refractivity contribution in [2.24, 2.45) is 0 Å². The van der Waals surface area contributed by atoms with Crippen LogP contribution in [0.1, 0.15) is 28.1 Å². The van der Waals surface area contributed by atoms with Crippen LogP contribution < -0.4 is 4.74 Å². The maximum atomic E-state index is 12.9. The van der Waals surface area contributed by atoms with E-state index in [9.17, 15) is 4.79 Å². The quantitative estimate of drug-likeness (QED) is 0.364. The molecular formula is C22H21NO4. The van der Waals surface area contributed by atoms with Crippen molar-refractivity contribution in [3.05, 3.63) is 82.7 Å². The van der Waals surface area contributed by atoms with Crippen LogP contribution in [0.4, 0.5) is 0 Å². The molecule has 0 saturated heterocycles. The second-order valence-electron chi connectivity index (χ2n) is 6.04. The fourth-order valence-corrected chi connectivity index (χ4v) is 2.74. The largest absolute Gasteiger partial charge is 0.496 e. The summed E-state index contributed by atoms with van der Waals surface area (Å²) < 4.78 is 16.1. The highest BCUT2D eigenvalue weighted by molar-refractivity contribution is 6.21. The lowest BCUT2D eigenvalue weighted by Crippen LogP contribution is -2.08. The zero-order valence-electron chi connectivity index (χ0n) is 15.6. The SMILES string of the molecule is COc1ccccc1/C=C(/C(=O)OCc1c(C)noc1C)c1ccccc1. The number of nitrogens with zero attached hydrogens (tertiary/aromatic N) is 1. The molecule has 0 saturated carbocycles. The maximum absolute atomic E-state index is 12.9. The predicted octanol–water partition coefficient (Wildman–Crippen LogP) is 4.58. The van der Waals surface area contributed by atoms with Crippen molar-refractivity contribution in [2.45, 2.75) is 20.5 Å². The number of para-hydroxylation sites is 1. The number of hydrogen-bond acceptors (Lipinski definition) is 5. The van der Waals surface area contributed by atoms with Crippen molar-refractivity contribution in [1.29, 1.82) is 0 Å². The molecule has 1 heterocycles. The van der Waals surface area contributed by atoms with Gasteiger partial charge in [-0.2, -0.15) is 0 Å². The van der Waals surface area contributed by atoms with Crippen LogP contribution in [0.25, 0.3) is 11.6 Å². The van der Waals surface area contributed by atoms with E-state index in [0.29, 0.717) is 17.1 Å². The van der Waals surface area contributed by atoms with Gasteiger partial charge in [0.15, 0.2) is 0 Å². The van der Waals surface area contributed by atoms with E-state index in [4.69, 9.17) is 14.0 Å². The molecule has 1 aromatic heterocycles. The third kappa shape index (κ3) is 4.26. The molecule has 0 amide bonds. The summed E-state index contributed by atoms with van der Waals surface area (Å²) in [6.07, 6.45) is 1.78. The summed E-state index contributed by atoms with van der Waals surface area (Å²) in [4.78, 5) is 12.9. The molecule has 0 aliphatic carbocycles. The maximum Gasteiger partial charge on any atom is 0.339 e. The van der Waals surface area contributed by atoms with E-state index in [2.05, 4.69) is 5.16 Å². The number of aromatic nitrogens is 1. The Hall–Kier alpha value is -3.34. The zero-order valence-corrected chi connectivity index (χ0v) is 15.6. The van der Waals surface area contributed by atoms with Crippen LogP contribution in [-0.2, 0) is 16.1 Å². The highest BCUT2D eigenvalue weighted by Crippen LogP contribution is 2.26. The Morgan fingerprint density at radius 1 is 1.07 bits per heavy atom. The summed E-state index contributed by atoms with van der Waals surface area (Å²) in [6.45, 7) is 3.73. The fraction of sp³-hybridized carbons (Fsp3) is 0.182. The minimum Gasteiger partial charge on any atom is -0.496 e. The Morgan fingerprint density at radius 2 is 1.78 bits per heavy atom. The Labute approximate surface area is 158 Å². The Balaban J connectivity index is 1.93. The van der Waals surface area contributed by atoms with Gasteiger partial charge >= 0.3 is 5.97 Å². The molecule has 3 aromatic rings. The normalized spacial score (nSPS) is 11.3. The Bertz CT molecular complexity index is 938. The van der Waals surface area contributed by atoms with Gasteiger partial charge in [-0.05, 0) is 31.6 Å². The van der Waals surface area contributed by atoms with Crippen LogP contribution in [0.5, 0.6) is 5.75 Å². The van der Waals surface area contributed by atoms with Crippen LogP contribution >= 0.6 is 0 Å². The van der Waals surface area contributed by atoms with Gasteiger partial charge in [0.1, 0.15) is 18.1 Å². The number of benzene rings is 2. The van der Waals surface area contributed by atoms with Crippen molar-refractivity contribution in [2.75, 3.05) is 7.11 Å². The molecule has 0 fully saturated rings. The Kier molecular flexibility index (Phi) is 5.71. The average Bonchev–Trinajstić information content (AvgIpc) is 3.02. The summed E-state index contributed by atoms with van der Waals surface area (Å²) in [6, 6.07) is 16.9. The van der Waals surface area contributed by atoms with Gasteiger partial charge in [0.25, 0.3) is 0 Å². The summed E-state index contributed by atoms with van der Waals surface area (Å²) in [7, 11) is 1.60. The molecule has 0 atom stereocenters. The van der Waals surface area contributed by atoms with Crippen molar-refractivity contribution < 1.29 is 18.8 Å². The molecule has 0 spiro atoms. The molecular weight excluding hydrogens is 342 g/mol. The number of ether oxygens (including phenoxy) is 2. The van der Waals surface area contributed by atoms with Gasteiger partial charge in [-0.15, -0.1) is 0 Å². The smallest absolute Gasteiger partial charge is 0.339 e. The minimum atomic E-state index is -0.424. The molecule has 5 heteroatoms. The molecule has 0 radical (unpaired) electrons. The first-order chi connectivity index (χ1) is 13.1. The molecule has 0 aliphatic heterocycles. The number of methoxy groups -OCH3 is 1. The lowest BCUT2D eigenvalue weighted by molar-refractivity contribution is -0.137. The first kappa shape index (κ1) is 18.5. The fourth-order valence-electron chi connectivity index (χ4n) is 2.74. The van der Waals surface area contributed by atoms with E-state index < -0.39 is 5.97 Å². The molecule has 0 unspecified atom stereocenters. The number of aryl methyl sites for hydroxylation is 2. The van der Waals surface area contributed by atoms with Crippen LogP contribution in [-0.4, -0.2) is 18.2 Å². The van der Waals surface area contributed by atoms with Crippen LogP contribution in [0, 0.1) is 13.8 Å². The molecule has 2 aromatic carbocycles. The van der Waals surface area contributed by atoms with Gasteiger partial charge in [-0.1, -0.05) is 53.7 Å². The molecule has 0 bridgehead atoms. The minimum absolute atomic E-state index is 0.107. The predicted molar refractivity (Wildman–Crippen MR) is 103 cm³/mol. The summed E-state index contributed by atoms with van der Waals surface area (Å²) in [5, 5.41) is 3.89. The van der Waals surface area contributed by atoms with Gasteiger partial charge in [0.05, 0.1) is 23.9 Å². The van der Waals surface area contributed by atoms with E-state index in [1.165, 1.54) is 0 Å². The van der Waals surface area contributed by atoms with E-state index in [-0.39, 0.29) is 6.61 Å². The molecule has 138 valence electrons. The first-order valence-corrected chi connectivity index (χ1v) is 8.59. The lowest BCUT2D eigenvalue weighted by atomic mass is 10.0. The summed E-state index contributed by atoms with van der Waals surface area (Å²) in [5.41, 5.74) is 3.52. The Morgan fingerprint density at radius 3 is 2.44 bits per heavy atom. The van der Waals surface area contributed by atoms with E-state index >= 15 is 0 Å². The van der Waals surface area contributed by atoms with E-state index in [0.717, 1.165) is 22.4 Å². The van der Waals surface area contributed by atoms with E-state index in [1.54, 1.807) is 20.1 Å². The molecule has 0 aliphatic rings. The first-order valence-electron chi connectivity index (χ1n) is 8.59. The van der Waals surface area contributed by atoms with Gasteiger partial charge in [0.2, 0.25) is 0 Å². The van der Waals surface area contributed by atoms with Gasteiger partial charge < -0.3 is 14.0 Å². The topological polar surface area (TPSA) is 61.6 Å². The zero-order chi connectivity index (χ0) is 19.2. The monoisotopic (exact) mass is 363 g/mol. The number of hydrogen-bond donors (Lipinski definition) is 0. The second kappa shape index (κ2) is 8.36. The molecule has 5 nitrogen and oxygen atoms in total. The number of carbonyl (C=O) groups is 1. The van der Waals surface area contributed by atoms with Gasteiger partial charge in [-0.25, -0.2) is 4.79 Å². The standard InChI is InChI=1S/C22H21NO4/c1-15-20(16(2)27-23-15)14-26-22(24)19(17-9-5-4-6-10-17)13-18-11-7-8-12-21(18)25-3/h4-13H,14H2,1-3H3/b19-13+. The number of carbonyl (C=O) groups excluding carboxylic acids is 1. The van der Waals surface area contributed by atoms with Crippen LogP contribution in [0.3, 0.4) is 0 Å². The number of rotatable bonds is 6. The third-order valence-corrected chi connectivity index (χ3v) is 4.27. The molecule has 3 rings (SSSR count). The molecule has 0 N–H and O–H groups in total. The van der Waals surface area contributed by atoms with Crippen molar-refractivity contribution >= 4 is 17.6 Å². The second-order valence-corrected chi connectivity index (χ2v) is 6.04. The molecule has 27 heavy (non-hydrogen) atoms. The third-order valence-electron chi connectivity index (χ3n) is 4.27. The van der Waals surface area contributed by atoms with Crippen molar-refractivity contribution in [1.82, 2.24) is 5.16 Å². The van der Waals surface area contributed by atoms with Crippen LogP contribution in [0.15, 0.2) is 59.1 Å². The van der Waals surface area contributed by atoms with Gasteiger partial charge in [0, 0.05) is 5.56 Å². The van der Waals surface area contributed by atoms with Crippen LogP contribution in [0.2, 0.25) is 0 Å². The highest BCUT2D eigenvalue weighted by atomic mass is 16.5. The summed E-state index contributed by atoms with van der Waals surface area (Å²) >= 11 is 0. The highest BCUT2D eigenvalue weighted by Gasteiger charge is 2.17.